The summed E-state index contributed by atoms with van der Waals surface area (Å²) in [4.78, 5) is 0. The van der Waals surface area contributed by atoms with Crippen molar-refractivity contribution in [2.24, 2.45) is 0 Å². The Balaban J connectivity index is 2.34. The van der Waals surface area contributed by atoms with E-state index in [0.717, 1.165) is 37.2 Å². The van der Waals surface area contributed by atoms with Gasteiger partial charge in [-0.15, -0.1) is 0 Å². The van der Waals surface area contributed by atoms with Gasteiger partial charge in [0.2, 0.25) is 0 Å². The summed E-state index contributed by atoms with van der Waals surface area (Å²) in [5.74, 6) is 1.05. The topological polar surface area (TPSA) is 38.7 Å². The summed E-state index contributed by atoms with van der Waals surface area (Å²) < 4.78 is 10.5. The molecule has 0 unspecified atom stereocenters. The summed E-state index contributed by atoms with van der Waals surface area (Å²) in [6.45, 7) is 3.44. The Hall–Kier alpha value is -1.22. The molecule has 0 saturated heterocycles. The van der Waals surface area contributed by atoms with Crippen LogP contribution < -0.4 is 4.74 Å². The molecule has 1 aromatic rings. The molecule has 0 spiro atoms. The van der Waals surface area contributed by atoms with Crippen LogP contribution in [0.1, 0.15) is 25.3 Å². The van der Waals surface area contributed by atoms with Gasteiger partial charge in [-0.3, -0.25) is 0 Å². The quantitative estimate of drug-likeness (QED) is 0.724. The van der Waals surface area contributed by atoms with E-state index in [-0.39, 0.29) is 0 Å². The molecule has 0 atom stereocenters. The van der Waals surface area contributed by atoms with Crippen LogP contribution in [0.25, 0.3) is 0 Å². The minimum atomic E-state index is 0.317. The molecular formula is C13H20O3. The number of unbranched alkanes of at least 4 members (excludes halogenated alkanes) is 1. The number of hydrogen-bond acceptors (Lipinski definition) is 3. The zero-order valence-corrected chi connectivity index (χ0v) is 10.0. The Morgan fingerprint density at radius 1 is 1.19 bits per heavy atom. The van der Waals surface area contributed by atoms with Gasteiger partial charge >= 0.3 is 0 Å². The van der Waals surface area contributed by atoms with Crippen LogP contribution in [0.15, 0.2) is 18.2 Å². The van der Waals surface area contributed by atoms with E-state index in [1.807, 2.05) is 19.1 Å². The highest BCUT2D eigenvalue weighted by Gasteiger charge is 2.01. The lowest BCUT2D eigenvalue weighted by atomic mass is 10.1. The highest BCUT2D eigenvalue weighted by molar-refractivity contribution is 5.39. The van der Waals surface area contributed by atoms with Crippen molar-refractivity contribution in [3.8, 4) is 11.5 Å². The number of rotatable bonds is 7. The summed E-state index contributed by atoms with van der Waals surface area (Å²) in [5.41, 5.74) is 0.951. The molecule has 0 heterocycles. The Bertz CT molecular complexity index is 310. The molecule has 0 aliphatic heterocycles. The van der Waals surface area contributed by atoms with Gasteiger partial charge in [-0.2, -0.15) is 0 Å². The van der Waals surface area contributed by atoms with Gasteiger partial charge in [0.1, 0.15) is 11.5 Å². The third-order valence-electron chi connectivity index (χ3n) is 2.45. The molecule has 0 saturated carbocycles. The highest BCUT2D eigenvalue weighted by Crippen LogP contribution is 2.23. The standard InChI is InChI=1S/C13H20O3/c1-3-11-6-7-12(10-13(11)14)16-9-5-4-8-15-2/h6-7,10,14H,3-5,8-9H2,1-2H3. The van der Waals surface area contributed by atoms with Crippen LogP contribution in [0.3, 0.4) is 0 Å². The normalized spacial score (nSPS) is 10.4. The summed E-state index contributed by atoms with van der Waals surface area (Å²) in [6, 6.07) is 5.48. The minimum absolute atomic E-state index is 0.317. The second-order valence-corrected chi connectivity index (χ2v) is 3.69. The second-order valence-electron chi connectivity index (χ2n) is 3.69. The van der Waals surface area contributed by atoms with Crippen molar-refractivity contribution in [3.05, 3.63) is 23.8 Å². The predicted octanol–water partition coefficient (Wildman–Crippen LogP) is 2.76. The molecule has 90 valence electrons. The van der Waals surface area contributed by atoms with Crippen molar-refractivity contribution in [2.75, 3.05) is 20.3 Å². The van der Waals surface area contributed by atoms with E-state index in [1.165, 1.54) is 0 Å². The van der Waals surface area contributed by atoms with Gasteiger partial charge in [0.05, 0.1) is 6.61 Å². The van der Waals surface area contributed by atoms with Gasteiger partial charge in [0.15, 0.2) is 0 Å². The fourth-order valence-electron chi connectivity index (χ4n) is 1.47. The van der Waals surface area contributed by atoms with Gasteiger partial charge in [-0.25, -0.2) is 0 Å². The maximum Gasteiger partial charge on any atom is 0.122 e. The number of aryl methyl sites for hydroxylation is 1. The summed E-state index contributed by atoms with van der Waals surface area (Å²) in [5, 5.41) is 9.63. The van der Waals surface area contributed by atoms with Gasteiger partial charge in [-0.1, -0.05) is 13.0 Å². The first-order valence-corrected chi connectivity index (χ1v) is 5.71. The molecule has 3 nitrogen and oxygen atoms in total. The first kappa shape index (κ1) is 12.8. The van der Waals surface area contributed by atoms with Crippen molar-refractivity contribution in [1.82, 2.24) is 0 Å². The zero-order valence-electron chi connectivity index (χ0n) is 10.0. The van der Waals surface area contributed by atoms with Crippen LogP contribution >= 0.6 is 0 Å². The number of aromatic hydroxyl groups is 1. The van der Waals surface area contributed by atoms with Crippen molar-refractivity contribution in [1.29, 1.82) is 0 Å². The molecule has 0 radical (unpaired) electrons. The second kappa shape index (κ2) is 7.12. The van der Waals surface area contributed by atoms with Gasteiger partial charge < -0.3 is 14.6 Å². The Morgan fingerprint density at radius 3 is 2.56 bits per heavy atom. The van der Waals surface area contributed by atoms with Crippen molar-refractivity contribution < 1.29 is 14.6 Å². The van der Waals surface area contributed by atoms with Crippen LogP contribution in [0.4, 0.5) is 0 Å². The zero-order chi connectivity index (χ0) is 11.8. The number of benzene rings is 1. The molecule has 1 aromatic carbocycles. The van der Waals surface area contributed by atoms with Crippen LogP contribution in [0.2, 0.25) is 0 Å². The third kappa shape index (κ3) is 4.11. The van der Waals surface area contributed by atoms with E-state index in [9.17, 15) is 5.11 Å². The molecule has 3 heteroatoms. The van der Waals surface area contributed by atoms with Crippen LogP contribution in [0.5, 0.6) is 11.5 Å². The van der Waals surface area contributed by atoms with E-state index < -0.39 is 0 Å². The average molecular weight is 224 g/mol. The van der Waals surface area contributed by atoms with Crippen LogP contribution in [-0.4, -0.2) is 25.4 Å². The highest BCUT2D eigenvalue weighted by atomic mass is 16.5. The number of ether oxygens (including phenoxy) is 2. The largest absolute Gasteiger partial charge is 0.508 e. The first-order valence-electron chi connectivity index (χ1n) is 5.71. The van der Waals surface area contributed by atoms with Crippen molar-refractivity contribution >= 4 is 0 Å². The number of phenolic OH excluding ortho intramolecular Hbond substituents is 1. The summed E-state index contributed by atoms with van der Waals surface area (Å²) in [7, 11) is 1.70. The number of methoxy groups -OCH3 is 1. The fourth-order valence-corrected chi connectivity index (χ4v) is 1.47. The van der Waals surface area contributed by atoms with Gasteiger partial charge in [-0.05, 0) is 30.9 Å². The van der Waals surface area contributed by atoms with Crippen molar-refractivity contribution in [2.45, 2.75) is 26.2 Å². The molecule has 1 rings (SSSR count). The van der Waals surface area contributed by atoms with E-state index in [2.05, 4.69) is 0 Å². The lowest BCUT2D eigenvalue weighted by molar-refractivity contribution is 0.184. The monoisotopic (exact) mass is 224 g/mol. The van der Waals surface area contributed by atoms with E-state index >= 15 is 0 Å². The molecule has 0 fully saturated rings. The minimum Gasteiger partial charge on any atom is -0.508 e. The molecular weight excluding hydrogens is 204 g/mol. The van der Waals surface area contributed by atoms with Crippen LogP contribution in [0, 0.1) is 0 Å². The molecule has 0 amide bonds. The molecule has 0 aliphatic rings. The predicted molar refractivity (Wildman–Crippen MR) is 64.1 cm³/mol. The number of phenols is 1. The maximum atomic E-state index is 9.63. The Labute approximate surface area is 97.0 Å². The lowest BCUT2D eigenvalue weighted by Crippen LogP contribution is -1.99. The molecule has 0 bridgehead atoms. The SMILES string of the molecule is CCc1ccc(OCCCCOC)cc1O. The fraction of sp³-hybridized carbons (Fsp3) is 0.538. The maximum absolute atomic E-state index is 9.63. The third-order valence-corrected chi connectivity index (χ3v) is 2.45. The Kier molecular flexibility index (Phi) is 5.72. The van der Waals surface area contributed by atoms with E-state index in [0.29, 0.717) is 12.4 Å². The Morgan fingerprint density at radius 2 is 1.94 bits per heavy atom. The van der Waals surface area contributed by atoms with Crippen molar-refractivity contribution in [3.63, 3.8) is 0 Å². The molecule has 0 aliphatic carbocycles. The van der Waals surface area contributed by atoms with E-state index in [1.54, 1.807) is 13.2 Å². The lowest BCUT2D eigenvalue weighted by Gasteiger charge is -2.08. The first-order chi connectivity index (χ1) is 7.77. The molecule has 1 N–H and O–H groups in total. The van der Waals surface area contributed by atoms with E-state index in [4.69, 9.17) is 9.47 Å². The van der Waals surface area contributed by atoms with Crippen LogP contribution in [-0.2, 0) is 11.2 Å². The summed E-state index contributed by atoms with van der Waals surface area (Å²) >= 11 is 0. The van der Waals surface area contributed by atoms with Gasteiger partial charge in [0, 0.05) is 19.8 Å². The average Bonchev–Trinajstić information content (AvgIpc) is 2.29. The summed E-state index contributed by atoms with van der Waals surface area (Å²) in [6.07, 6.45) is 2.79. The molecule has 16 heavy (non-hydrogen) atoms. The number of hydrogen-bond donors (Lipinski definition) is 1. The molecule has 0 aromatic heterocycles. The smallest absolute Gasteiger partial charge is 0.122 e. The van der Waals surface area contributed by atoms with Gasteiger partial charge in [0.25, 0.3) is 0 Å².